The summed E-state index contributed by atoms with van der Waals surface area (Å²) < 4.78 is 5.52. The van der Waals surface area contributed by atoms with Gasteiger partial charge in [0.1, 0.15) is 0 Å². The molecule has 0 radical (unpaired) electrons. The standard InChI is InChI=1S/C18H21N3O/c1-2-4-15-12(3-1)7-10-16(15)21(14-8-9-14)11-17-19-18(20-22-17)13-5-6-13/h1-4,13-14,16H,5-11H2/t16-/m0/s1. The Morgan fingerprint density at radius 2 is 1.95 bits per heavy atom. The molecule has 0 bridgehead atoms. The molecule has 4 heteroatoms. The lowest BCUT2D eigenvalue weighted by Crippen LogP contribution is -2.29. The van der Waals surface area contributed by atoms with Crippen molar-refractivity contribution < 1.29 is 4.52 Å². The van der Waals surface area contributed by atoms with Crippen molar-refractivity contribution in [3.63, 3.8) is 0 Å². The Hall–Kier alpha value is -1.68. The highest BCUT2D eigenvalue weighted by atomic mass is 16.5. The maximum Gasteiger partial charge on any atom is 0.240 e. The van der Waals surface area contributed by atoms with E-state index < -0.39 is 0 Å². The second-order valence-corrected chi connectivity index (χ2v) is 6.98. The largest absolute Gasteiger partial charge is 0.338 e. The Kier molecular flexibility index (Phi) is 2.87. The monoisotopic (exact) mass is 295 g/mol. The Balaban J connectivity index is 1.40. The molecule has 0 spiro atoms. The number of fused-ring (bicyclic) bond motifs is 1. The lowest BCUT2D eigenvalue weighted by molar-refractivity contribution is 0.154. The number of hydrogen-bond acceptors (Lipinski definition) is 4. The van der Waals surface area contributed by atoms with Crippen LogP contribution in [-0.4, -0.2) is 21.1 Å². The van der Waals surface area contributed by atoms with Crippen molar-refractivity contribution >= 4 is 0 Å². The van der Waals surface area contributed by atoms with Crippen LogP contribution >= 0.6 is 0 Å². The van der Waals surface area contributed by atoms with E-state index in [-0.39, 0.29) is 0 Å². The summed E-state index contributed by atoms with van der Waals surface area (Å²) in [7, 11) is 0. The summed E-state index contributed by atoms with van der Waals surface area (Å²) in [6.45, 7) is 0.809. The molecule has 3 aliphatic rings. The molecular formula is C18H21N3O. The SMILES string of the molecule is c1ccc2c(c1)CC[C@@H]2N(Cc1nc(C2CC2)no1)C1CC1. The van der Waals surface area contributed by atoms with Gasteiger partial charge in [-0.3, -0.25) is 4.90 Å². The molecular weight excluding hydrogens is 274 g/mol. The van der Waals surface area contributed by atoms with E-state index >= 15 is 0 Å². The maximum atomic E-state index is 5.52. The van der Waals surface area contributed by atoms with Crippen LogP contribution in [0.2, 0.25) is 0 Å². The average molecular weight is 295 g/mol. The van der Waals surface area contributed by atoms with Gasteiger partial charge in [0.05, 0.1) is 6.54 Å². The molecule has 0 amide bonds. The summed E-state index contributed by atoms with van der Waals surface area (Å²) in [6.07, 6.45) is 7.48. The van der Waals surface area contributed by atoms with Crippen LogP contribution in [0.3, 0.4) is 0 Å². The van der Waals surface area contributed by atoms with Crippen LogP contribution in [0.4, 0.5) is 0 Å². The van der Waals surface area contributed by atoms with E-state index in [4.69, 9.17) is 4.52 Å². The van der Waals surface area contributed by atoms with Crippen molar-refractivity contribution in [1.82, 2.24) is 15.0 Å². The van der Waals surface area contributed by atoms with E-state index in [1.165, 1.54) is 49.7 Å². The molecule has 0 unspecified atom stereocenters. The second-order valence-electron chi connectivity index (χ2n) is 6.98. The van der Waals surface area contributed by atoms with E-state index in [0.717, 1.165) is 18.3 Å². The lowest BCUT2D eigenvalue weighted by Gasteiger charge is -2.28. The molecule has 0 N–H and O–H groups in total. The first-order chi connectivity index (χ1) is 10.9. The third kappa shape index (κ3) is 2.26. The zero-order valence-electron chi connectivity index (χ0n) is 12.7. The van der Waals surface area contributed by atoms with E-state index in [1.54, 1.807) is 0 Å². The number of aryl methyl sites for hydroxylation is 1. The van der Waals surface area contributed by atoms with Crippen LogP contribution in [0, 0.1) is 0 Å². The summed E-state index contributed by atoms with van der Waals surface area (Å²) in [4.78, 5) is 7.24. The number of benzene rings is 1. The van der Waals surface area contributed by atoms with Crippen molar-refractivity contribution in [1.29, 1.82) is 0 Å². The molecule has 22 heavy (non-hydrogen) atoms. The summed E-state index contributed by atoms with van der Waals surface area (Å²) >= 11 is 0. The van der Waals surface area contributed by atoms with Gasteiger partial charge in [0.25, 0.3) is 0 Å². The molecule has 2 aromatic rings. The van der Waals surface area contributed by atoms with Gasteiger partial charge in [0.2, 0.25) is 5.89 Å². The minimum atomic E-state index is 0.528. The minimum Gasteiger partial charge on any atom is -0.338 e. The van der Waals surface area contributed by atoms with E-state index in [1.807, 2.05) is 0 Å². The second kappa shape index (κ2) is 4.92. The smallest absolute Gasteiger partial charge is 0.240 e. The van der Waals surface area contributed by atoms with Crippen molar-refractivity contribution in [2.24, 2.45) is 0 Å². The molecule has 1 aromatic carbocycles. The highest BCUT2D eigenvalue weighted by molar-refractivity contribution is 5.34. The van der Waals surface area contributed by atoms with Gasteiger partial charge in [0.15, 0.2) is 5.82 Å². The van der Waals surface area contributed by atoms with Gasteiger partial charge in [-0.2, -0.15) is 4.98 Å². The number of hydrogen-bond donors (Lipinski definition) is 0. The van der Waals surface area contributed by atoms with Crippen molar-refractivity contribution in [2.75, 3.05) is 0 Å². The average Bonchev–Trinajstić information content (AvgIpc) is 3.47. The Morgan fingerprint density at radius 1 is 1.09 bits per heavy atom. The van der Waals surface area contributed by atoms with Crippen molar-refractivity contribution in [3.05, 3.63) is 47.1 Å². The fraction of sp³-hybridized carbons (Fsp3) is 0.556. The summed E-state index contributed by atoms with van der Waals surface area (Å²) in [5.74, 6) is 2.30. The molecule has 1 heterocycles. The van der Waals surface area contributed by atoms with Crippen LogP contribution in [0.1, 0.15) is 66.9 Å². The molecule has 5 rings (SSSR count). The van der Waals surface area contributed by atoms with Gasteiger partial charge < -0.3 is 4.52 Å². The molecule has 2 saturated carbocycles. The Labute approximate surface area is 130 Å². The maximum absolute atomic E-state index is 5.52. The molecule has 3 aliphatic carbocycles. The molecule has 0 aliphatic heterocycles. The van der Waals surface area contributed by atoms with Crippen LogP contribution in [0.5, 0.6) is 0 Å². The Bertz CT molecular complexity index is 687. The highest BCUT2D eigenvalue weighted by Crippen LogP contribution is 2.43. The van der Waals surface area contributed by atoms with Crippen molar-refractivity contribution in [3.8, 4) is 0 Å². The van der Waals surface area contributed by atoms with Gasteiger partial charge in [-0.05, 0) is 49.7 Å². The third-order valence-corrected chi connectivity index (χ3v) is 5.26. The first kappa shape index (κ1) is 12.8. The highest BCUT2D eigenvalue weighted by Gasteiger charge is 2.38. The molecule has 114 valence electrons. The lowest BCUT2D eigenvalue weighted by atomic mass is 10.1. The topological polar surface area (TPSA) is 42.2 Å². The van der Waals surface area contributed by atoms with E-state index in [0.29, 0.717) is 18.0 Å². The van der Waals surface area contributed by atoms with Gasteiger partial charge in [-0.1, -0.05) is 29.4 Å². The predicted molar refractivity (Wildman–Crippen MR) is 82.3 cm³/mol. The van der Waals surface area contributed by atoms with Crippen LogP contribution in [0.25, 0.3) is 0 Å². The fourth-order valence-corrected chi connectivity index (χ4v) is 3.77. The van der Waals surface area contributed by atoms with Gasteiger partial charge >= 0.3 is 0 Å². The number of aromatic nitrogens is 2. The van der Waals surface area contributed by atoms with Crippen LogP contribution in [0.15, 0.2) is 28.8 Å². The number of rotatable bonds is 5. The zero-order valence-corrected chi connectivity index (χ0v) is 12.7. The summed E-state index contributed by atoms with van der Waals surface area (Å²) in [6, 6.07) is 10.1. The minimum absolute atomic E-state index is 0.528. The predicted octanol–water partition coefficient (Wildman–Crippen LogP) is 3.60. The van der Waals surface area contributed by atoms with E-state index in [2.05, 4.69) is 39.3 Å². The molecule has 1 aromatic heterocycles. The number of nitrogens with zero attached hydrogens (tertiary/aromatic N) is 3. The summed E-state index contributed by atoms with van der Waals surface area (Å²) in [5, 5.41) is 4.17. The molecule has 4 nitrogen and oxygen atoms in total. The van der Waals surface area contributed by atoms with Gasteiger partial charge in [-0.25, -0.2) is 0 Å². The molecule has 1 atom stereocenters. The fourth-order valence-electron chi connectivity index (χ4n) is 3.77. The van der Waals surface area contributed by atoms with Gasteiger partial charge in [-0.15, -0.1) is 0 Å². The van der Waals surface area contributed by atoms with Crippen molar-refractivity contribution in [2.45, 2.75) is 63.1 Å². The van der Waals surface area contributed by atoms with E-state index in [9.17, 15) is 0 Å². The first-order valence-corrected chi connectivity index (χ1v) is 8.54. The quantitative estimate of drug-likeness (QED) is 0.845. The molecule has 0 saturated heterocycles. The summed E-state index contributed by atoms with van der Waals surface area (Å²) in [5.41, 5.74) is 3.03. The van der Waals surface area contributed by atoms with Crippen LogP contribution < -0.4 is 0 Å². The van der Waals surface area contributed by atoms with Crippen LogP contribution in [-0.2, 0) is 13.0 Å². The zero-order chi connectivity index (χ0) is 14.5. The molecule has 2 fully saturated rings. The Morgan fingerprint density at radius 3 is 2.77 bits per heavy atom. The normalized spacial score (nSPS) is 24.0. The first-order valence-electron chi connectivity index (χ1n) is 8.54. The third-order valence-electron chi connectivity index (χ3n) is 5.26. The van der Waals surface area contributed by atoms with Gasteiger partial charge in [0, 0.05) is 18.0 Å².